The Hall–Kier alpha value is 0.01000. The van der Waals surface area contributed by atoms with E-state index in [4.69, 9.17) is 5.73 Å². The molecule has 0 saturated heterocycles. The van der Waals surface area contributed by atoms with Gasteiger partial charge in [0.15, 0.2) is 0 Å². The molecule has 0 fully saturated rings. The maximum Gasteiger partial charge on any atom is 0.0450 e. The van der Waals surface area contributed by atoms with Crippen LogP contribution < -0.4 is 5.73 Å². The Kier molecular flexibility index (Phi) is 6.60. The molecule has 1 nitrogen and oxygen atoms in total. The van der Waals surface area contributed by atoms with Crippen molar-refractivity contribution in [2.75, 3.05) is 0 Å². The lowest BCUT2D eigenvalue weighted by molar-refractivity contribution is 0.631. The van der Waals surface area contributed by atoms with E-state index >= 15 is 0 Å². The average Bonchev–Trinajstić information content (AvgIpc) is 2.36. The smallest absolute Gasteiger partial charge is 0.0450 e. The predicted octanol–water partition coefficient (Wildman–Crippen LogP) is 4.76. The van der Waals surface area contributed by atoms with E-state index in [0.717, 1.165) is 10.9 Å². The zero-order chi connectivity index (χ0) is 12.8. The zero-order valence-electron chi connectivity index (χ0n) is 10.8. The summed E-state index contributed by atoms with van der Waals surface area (Å²) in [4.78, 5) is 0. The van der Waals surface area contributed by atoms with E-state index in [1.54, 1.807) is 0 Å². The third kappa shape index (κ3) is 4.65. The molecule has 2 N–H and O–H groups in total. The van der Waals surface area contributed by atoms with E-state index in [2.05, 4.69) is 61.0 Å². The minimum atomic E-state index is 0.232. The molecule has 0 amide bonds. The summed E-state index contributed by atoms with van der Waals surface area (Å²) in [6.07, 6.45) is 2.21. The minimum absolute atomic E-state index is 0.232. The summed E-state index contributed by atoms with van der Waals surface area (Å²) >= 11 is 5.47. The highest BCUT2D eigenvalue weighted by molar-refractivity contribution is 9.10. The van der Waals surface area contributed by atoms with Gasteiger partial charge in [-0.1, -0.05) is 48.8 Å². The lowest BCUT2D eigenvalue weighted by Gasteiger charge is -2.25. The molecule has 3 atom stereocenters. The standard InChI is InChI=1S/C14H22BrNS/c1-4-10(3)17-14(13(16)5-2)11-6-8-12(15)9-7-11/h6-10,13-14H,4-5,16H2,1-3H3. The normalized spacial score (nSPS) is 16.5. The van der Waals surface area contributed by atoms with Gasteiger partial charge in [0.1, 0.15) is 0 Å². The van der Waals surface area contributed by atoms with E-state index in [0.29, 0.717) is 10.5 Å². The second kappa shape index (κ2) is 7.45. The number of benzene rings is 1. The second-order valence-corrected chi connectivity index (χ2v) is 6.90. The Balaban J connectivity index is 2.85. The van der Waals surface area contributed by atoms with Crippen LogP contribution in [0.5, 0.6) is 0 Å². The summed E-state index contributed by atoms with van der Waals surface area (Å²) in [6, 6.07) is 8.79. The molecule has 3 unspecified atom stereocenters. The largest absolute Gasteiger partial charge is 0.326 e. The van der Waals surface area contributed by atoms with Crippen molar-refractivity contribution >= 4 is 27.7 Å². The predicted molar refractivity (Wildman–Crippen MR) is 82.5 cm³/mol. The fourth-order valence-corrected chi connectivity index (χ4v) is 3.31. The molecule has 3 heteroatoms. The molecule has 0 radical (unpaired) electrons. The van der Waals surface area contributed by atoms with Gasteiger partial charge in [-0.25, -0.2) is 0 Å². The highest BCUT2D eigenvalue weighted by atomic mass is 79.9. The monoisotopic (exact) mass is 315 g/mol. The van der Waals surface area contributed by atoms with Gasteiger partial charge in [-0.05, 0) is 30.5 Å². The third-order valence-corrected chi connectivity index (χ3v) is 5.25. The fraction of sp³-hybridized carbons (Fsp3) is 0.571. The number of nitrogens with two attached hydrogens (primary N) is 1. The van der Waals surface area contributed by atoms with Crippen LogP contribution in [-0.2, 0) is 0 Å². The average molecular weight is 316 g/mol. The maximum absolute atomic E-state index is 6.26. The summed E-state index contributed by atoms with van der Waals surface area (Å²) < 4.78 is 1.12. The van der Waals surface area contributed by atoms with Crippen molar-refractivity contribution in [3.05, 3.63) is 34.3 Å². The molecule has 0 heterocycles. The first-order chi connectivity index (χ1) is 8.08. The minimum Gasteiger partial charge on any atom is -0.326 e. The van der Waals surface area contributed by atoms with Gasteiger partial charge in [-0.3, -0.25) is 0 Å². The van der Waals surface area contributed by atoms with Gasteiger partial charge in [0.25, 0.3) is 0 Å². The van der Waals surface area contributed by atoms with Crippen molar-refractivity contribution in [1.29, 1.82) is 0 Å². The Labute approximate surface area is 118 Å². The first-order valence-electron chi connectivity index (χ1n) is 6.25. The third-order valence-electron chi connectivity index (χ3n) is 3.01. The molecule has 0 bridgehead atoms. The van der Waals surface area contributed by atoms with E-state index in [-0.39, 0.29) is 6.04 Å². The van der Waals surface area contributed by atoms with Crippen molar-refractivity contribution in [3.63, 3.8) is 0 Å². The van der Waals surface area contributed by atoms with Crippen LogP contribution in [0.25, 0.3) is 0 Å². The Morgan fingerprint density at radius 2 is 1.76 bits per heavy atom. The topological polar surface area (TPSA) is 26.0 Å². The van der Waals surface area contributed by atoms with Gasteiger partial charge in [-0.2, -0.15) is 0 Å². The molecule has 0 saturated carbocycles. The lowest BCUT2D eigenvalue weighted by atomic mass is 10.0. The molecule has 1 aromatic carbocycles. The van der Waals surface area contributed by atoms with Crippen molar-refractivity contribution in [2.45, 2.75) is 50.2 Å². The van der Waals surface area contributed by atoms with Crippen LogP contribution in [-0.4, -0.2) is 11.3 Å². The summed E-state index contributed by atoms with van der Waals surface area (Å²) in [5.74, 6) is 0. The van der Waals surface area contributed by atoms with Gasteiger partial charge < -0.3 is 5.73 Å². The molecule has 1 aromatic rings. The maximum atomic E-state index is 6.26. The Bertz CT molecular complexity index is 325. The molecular formula is C14H22BrNS. The Morgan fingerprint density at radius 1 is 1.18 bits per heavy atom. The number of thioether (sulfide) groups is 1. The summed E-state index contributed by atoms with van der Waals surface area (Å²) in [5, 5.41) is 1.06. The van der Waals surface area contributed by atoms with Gasteiger partial charge >= 0.3 is 0 Å². The molecule has 1 rings (SSSR count). The number of rotatable bonds is 6. The van der Waals surface area contributed by atoms with Crippen molar-refractivity contribution in [3.8, 4) is 0 Å². The van der Waals surface area contributed by atoms with E-state index in [1.165, 1.54) is 12.0 Å². The van der Waals surface area contributed by atoms with Crippen LogP contribution in [0.1, 0.15) is 44.4 Å². The van der Waals surface area contributed by atoms with Crippen molar-refractivity contribution in [1.82, 2.24) is 0 Å². The van der Waals surface area contributed by atoms with Gasteiger partial charge in [0.05, 0.1) is 0 Å². The molecule has 0 aliphatic carbocycles. The molecular weight excluding hydrogens is 294 g/mol. The van der Waals surface area contributed by atoms with E-state index in [1.807, 2.05) is 11.8 Å². The summed E-state index contributed by atoms with van der Waals surface area (Å²) in [6.45, 7) is 6.67. The lowest BCUT2D eigenvalue weighted by Crippen LogP contribution is -2.26. The molecule has 96 valence electrons. The first-order valence-corrected chi connectivity index (χ1v) is 7.98. The second-order valence-electron chi connectivity index (χ2n) is 4.40. The highest BCUT2D eigenvalue weighted by Crippen LogP contribution is 2.36. The molecule has 0 spiro atoms. The molecule has 0 aromatic heterocycles. The van der Waals surface area contributed by atoms with E-state index in [9.17, 15) is 0 Å². The van der Waals surface area contributed by atoms with Crippen LogP contribution in [0.2, 0.25) is 0 Å². The SMILES string of the molecule is CCC(C)SC(c1ccc(Br)cc1)C(N)CC. The van der Waals surface area contributed by atoms with Crippen molar-refractivity contribution in [2.24, 2.45) is 5.73 Å². The number of hydrogen-bond donors (Lipinski definition) is 1. The Morgan fingerprint density at radius 3 is 2.24 bits per heavy atom. The quantitative estimate of drug-likeness (QED) is 0.819. The first kappa shape index (κ1) is 15.1. The van der Waals surface area contributed by atoms with Crippen LogP contribution in [0.15, 0.2) is 28.7 Å². The fourth-order valence-electron chi connectivity index (χ4n) is 1.64. The van der Waals surface area contributed by atoms with Gasteiger partial charge in [0, 0.05) is 21.0 Å². The van der Waals surface area contributed by atoms with Crippen LogP contribution in [0, 0.1) is 0 Å². The number of hydrogen-bond acceptors (Lipinski definition) is 2. The van der Waals surface area contributed by atoms with Crippen LogP contribution >= 0.6 is 27.7 Å². The van der Waals surface area contributed by atoms with E-state index < -0.39 is 0 Å². The van der Waals surface area contributed by atoms with Crippen molar-refractivity contribution < 1.29 is 0 Å². The molecule has 0 aliphatic rings. The zero-order valence-corrected chi connectivity index (χ0v) is 13.2. The molecule has 0 aliphatic heterocycles. The summed E-state index contributed by atoms with van der Waals surface area (Å²) in [5.41, 5.74) is 7.60. The molecule has 17 heavy (non-hydrogen) atoms. The van der Waals surface area contributed by atoms with Gasteiger partial charge in [-0.15, -0.1) is 11.8 Å². The summed E-state index contributed by atoms with van der Waals surface area (Å²) in [7, 11) is 0. The van der Waals surface area contributed by atoms with Gasteiger partial charge in [0.2, 0.25) is 0 Å². The van der Waals surface area contributed by atoms with Crippen LogP contribution in [0.4, 0.5) is 0 Å². The number of halogens is 1. The highest BCUT2D eigenvalue weighted by Gasteiger charge is 2.21. The van der Waals surface area contributed by atoms with Crippen LogP contribution in [0.3, 0.4) is 0 Å².